The molecule has 2 heterocycles. The average Bonchev–Trinajstić information content (AvgIpc) is 3.07. The van der Waals surface area contributed by atoms with Crippen molar-refractivity contribution >= 4 is 22.7 Å². The van der Waals surface area contributed by atoms with Crippen LogP contribution in [0.15, 0.2) is 38.6 Å². The Kier molecular flexibility index (Phi) is 6.08. The molecule has 2 aromatic heterocycles. The molecule has 0 aliphatic rings. The topological polar surface area (TPSA) is 73.8 Å². The van der Waals surface area contributed by atoms with Crippen LogP contribution < -0.4 is 5.56 Å². The normalized spacial score (nSPS) is 12.6. The first-order chi connectivity index (χ1) is 12.6. The maximum atomic E-state index is 13.0. The summed E-state index contributed by atoms with van der Waals surface area (Å²) in [4.78, 5) is 17.7. The highest BCUT2D eigenvalue weighted by molar-refractivity contribution is 7.99. The quantitative estimate of drug-likeness (QED) is 0.329. The number of fused-ring (bicyclic) bond motifs is 1. The summed E-state index contributed by atoms with van der Waals surface area (Å²) >= 11 is 1.49. The molecule has 0 aliphatic carbocycles. The molecule has 0 saturated heterocycles. The van der Waals surface area contributed by atoms with E-state index < -0.39 is 0 Å². The fraction of sp³-hybridized carbons (Fsp3) is 0.474. The van der Waals surface area contributed by atoms with Crippen LogP contribution in [0.1, 0.15) is 56.6 Å². The van der Waals surface area contributed by atoms with Gasteiger partial charge in [0.25, 0.3) is 5.56 Å². The van der Waals surface area contributed by atoms with Crippen molar-refractivity contribution in [2.45, 2.75) is 63.4 Å². The van der Waals surface area contributed by atoms with E-state index in [1.54, 1.807) is 11.5 Å². The molecule has 0 radical (unpaired) electrons. The predicted octanol–water partition coefficient (Wildman–Crippen LogP) is 4.52. The summed E-state index contributed by atoms with van der Waals surface area (Å²) in [6.45, 7) is 6.61. The van der Waals surface area contributed by atoms with Crippen molar-refractivity contribution in [3.05, 3.63) is 46.4 Å². The highest BCUT2D eigenvalue weighted by atomic mass is 32.2. The van der Waals surface area contributed by atoms with Crippen molar-refractivity contribution in [3.63, 3.8) is 0 Å². The van der Waals surface area contributed by atoms with Crippen molar-refractivity contribution in [3.8, 4) is 0 Å². The highest BCUT2D eigenvalue weighted by Crippen LogP contribution is 2.33. The Hall–Kier alpha value is -2.15. The Morgan fingerprint density at radius 1 is 1.19 bits per heavy atom. The van der Waals surface area contributed by atoms with Gasteiger partial charge in [0, 0.05) is 13.5 Å². The van der Waals surface area contributed by atoms with Crippen LogP contribution in [0.25, 0.3) is 10.9 Å². The summed E-state index contributed by atoms with van der Waals surface area (Å²) in [6, 6.07) is 7.50. The van der Waals surface area contributed by atoms with Gasteiger partial charge in [-0.3, -0.25) is 9.36 Å². The van der Waals surface area contributed by atoms with Gasteiger partial charge in [-0.15, -0.1) is 10.2 Å². The number of para-hydroxylation sites is 1. The first-order valence-electron chi connectivity index (χ1n) is 9.06. The van der Waals surface area contributed by atoms with Crippen LogP contribution >= 0.6 is 11.8 Å². The number of nitrogens with zero attached hydrogens (tertiary/aromatic N) is 4. The van der Waals surface area contributed by atoms with Crippen LogP contribution in [0.4, 0.5) is 0 Å². The van der Waals surface area contributed by atoms with E-state index in [2.05, 4.69) is 17.1 Å². The van der Waals surface area contributed by atoms with E-state index in [9.17, 15) is 4.79 Å². The minimum Gasteiger partial charge on any atom is -0.424 e. The van der Waals surface area contributed by atoms with Crippen LogP contribution in [-0.4, -0.2) is 19.7 Å². The van der Waals surface area contributed by atoms with Gasteiger partial charge in [-0.25, -0.2) is 4.98 Å². The van der Waals surface area contributed by atoms with E-state index in [0.717, 1.165) is 18.4 Å². The second kappa shape index (κ2) is 8.49. The molecule has 138 valence electrons. The third kappa shape index (κ3) is 4.15. The molecule has 1 aromatic carbocycles. The number of benzene rings is 1. The van der Waals surface area contributed by atoms with Crippen LogP contribution in [0.3, 0.4) is 0 Å². The summed E-state index contributed by atoms with van der Waals surface area (Å²) in [5, 5.41) is 9.27. The van der Waals surface area contributed by atoms with Crippen molar-refractivity contribution in [2.75, 3.05) is 0 Å². The third-order valence-corrected chi connectivity index (χ3v) is 5.31. The zero-order chi connectivity index (χ0) is 18.5. The molecule has 0 bridgehead atoms. The van der Waals surface area contributed by atoms with E-state index in [4.69, 9.17) is 9.40 Å². The number of hydrogen-bond acceptors (Lipinski definition) is 6. The number of rotatable bonds is 8. The van der Waals surface area contributed by atoms with Gasteiger partial charge >= 0.3 is 0 Å². The van der Waals surface area contributed by atoms with Crippen molar-refractivity contribution in [1.82, 2.24) is 19.7 Å². The lowest BCUT2D eigenvalue weighted by molar-refractivity contribution is 0.469. The zero-order valence-electron chi connectivity index (χ0n) is 15.4. The largest absolute Gasteiger partial charge is 0.424 e. The lowest BCUT2D eigenvalue weighted by Crippen LogP contribution is -2.23. The monoisotopic (exact) mass is 372 g/mol. The average molecular weight is 372 g/mol. The smallest absolute Gasteiger partial charge is 0.262 e. The second-order valence-electron chi connectivity index (χ2n) is 6.35. The summed E-state index contributed by atoms with van der Waals surface area (Å²) in [6.07, 6.45) is 4.42. The second-order valence-corrected chi connectivity index (χ2v) is 7.66. The standard InChI is InChI=1S/C19H24N4O2S/c1-4-5-6-9-12-23-18(24)15-10-7-8-11-16(15)20-19(23)26-13(2)17-22-21-14(3)25-17/h7-8,10-11,13H,4-6,9,12H2,1-3H3. The summed E-state index contributed by atoms with van der Waals surface area (Å²) < 4.78 is 7.32. The molecule has 6 nitrogen and oxygen atoms in total. The first-order valence-corrected chi connectivity index (χ1v) is 9.94. The SMILES string of the molecule is CCCCCCn1c(SC(C)c2nnc(C)o2)nc2ccccc2c1=O. The number of hydrogen-bond donors (Lipinski definition) is 0. The molecule has 1 atom stereocenters. The number of aryl methyl sites for hydroxylation is 1. The lowest BCUT2D eigenvalue weighted by Gasteiger charge is -2.14. The summed E-state index contributed by atoms with van der Waals surface area (Å²) in [7, 11) is 0. The first kappa shape index (κ1) is 18.6. The Bertz CT molecular complexity index is 935. The molecule has 0 saturated carbocycles. The van der Waals surface area contributed by atoms with Crippen LogP contribution in [0.5, 0.6) is 0 Å². The highest BCUT2D eigenvalue weighted by Gasteiger charge is 2.19. The van der Waals surface area contributed by atoms with Crippen LogP contribution in [0, 0.1) is 6.92 Å². The van der Waals surface area contributed by atoms with Crippen molar-refractivity contribution in [2.24, 2.45) is 0 Å². The molecule has 0 aliphatic heterocycles. The molecule has 0 fully saturated rings. The van der Waals surface area contributed by atoms with Gasteiger partial charge in [0.2, 0.25) is 11.8 Å². The fourth-order valence-electron chi connectivity index (χ4n) is 2.82. The molecule has 3 aromatic rings. The minimum atomic E-state index is -0.0776. The fourth-order valence-corrected chi connectivity index (χ4v) is 3.78. The number of aromatic nitrogens is 4. The van der Waals surface area contributed by atoms with Crippen molar-refractivity contribution < 1.29 is 4.42 Å². The van der Waals surface area contributed by atoms with E-state index in [1.165, 1.54) is 24.6 Å². The predicted molar refractivity (Wildman–Crippen MR) is 103 cm³/mol. The molecule has 7 heteroatoms. The molecule has 0 amide bonds. The third-order valence-electron chi connectivity index (χ3n) is 4.23. The molecule has 0 spiro atoms. The van der Waals surface area contributed by atoms with Gasteiger partial charge in [-0.1, -0.05) is 50.1 Å². The van der Waals surface area contributed by atoms with Gasteiger partial charge in [0.05, 0.1) is 16.2 Å². The Labute approximate surface area is 157 Å². The van der Waals surface area contributed by atoms with Gasteiger partial charge in [-0.2, -0.15) is 0 Å². The molecular weight excluding hydrogens is 348 g/mol. The Morgan fingerprint density at radius 2 is 2.00 bits per heavy atom. The lowest BCUT2D eigenvalue weighted by atomic mass is 10.2. The van der Waals surface area contributed by atoms with Gasteiger partial charge in [0.1, 0.15) is 0 Å². The number of thioether (sulfide) groups is 1. The molecular formula is C19H24N4O2S. The maximum absolute atomic E-state index is 13.0. The van der Waals surface area contributed by atoms with Crippen LogP contribution in [-0.2, 0) is 6.54 Å². The van der Waals surface area contributed by atoms with E-state index >= 15 is 0 Å². The molecule has 3 rings (SSSR count). The Morgan fingerprint density at radius 3 is 2.73 bits per heavy atom. The Balaban J connectivity index is 1.94. The maximum Gasteiger partial charge on any atom is 0.262 e. The van der Waals surface area contributed by atoms with Gasteiger partial charge in [0.15, 0.2) is 5.16 Å². The van der Waals surface area contributed by atoms with Gasteiger partial charge in [-0.05, 0) is 25.5 Å². The zero-order valence-corrected chi connectivity index (χ0v) is 16.3. The number of unbranched alkanes of at least 4 members (excludes halogenated alkanes) is 3. The van der Waals surface area contributed by atoms with Gasteiger partial charge < -0.3 is 4.42 Å². The van der Waals surface area contributed by atoms with Crippen molar-refractivity contribution in [1.29, 1.82) is 0 Å². The van der Waals surface area contributed by atoms with E-state index in [0.29, 0.717) is 28.9 Å². The van der Waals surface area contributed by atoms with E-state index in [1.807, 2.05) is 31.2 Å². The summed E-state index contributed by atoms with van der Waals surface area (Å²) in [5.74, 6) is 1.09. The molecule has 1 unspecified atom stereocenters. The molecule has 0 N–H and O–H groups in total. The van der Waals surface area contributed by atoms with Crippen LogP contribution in [0.2, 0.25) is 0 Å². The molecule has 26 heavy (non-hydrogen) atoms. The minimum absolute atomic E-state index is 0.0171. The van der Waals surface area contributed by atoms with E-state index in [-0.39, 0.29) is 10.8 Å². The summed E-state index contributed by atoms with van der Waals surface area (Å²) in [5.41, 5.74) is 0.738.